The molecule has 0 aliphatic carbocycles. The molecule has 0 bridgehead atoms. The minimum atomic E-state index is -0.696. The van der Waals surface area contributed by atoms with E-state index >= 15 is 0 Å². The van der Waals surface area contributed by atoms with Crippen LogP contribution in [0.25, 0.3) is 10.1 Å². The first-order valence-corrected chi connectivity index (χ1v) is 8.16. The number of nitrogens with one attached hydrogen (secondary N) is 1. The molecule has 21 heavy (non-hydrogen) atoms. The largest absolute Gasteiger partial charge is 0.386 e. The summed E-state index contributed by atoms with van der Waals surface area (Å²) in [6.07, 6.45) is -0.696. The van der Waals surface area contributed by atoms with E-state index in [1.165, 1.54) is 11.5 Å². The summed E-state index contributed by atoms with van der Waals surface area (Å²) in [5.74, 6) is -0.193. The van der Waals surface area contributed by atoms with Crippen LogP contribution in [0.1, 0.15) is 27.0 Å². The van der Waals surface area contributed by atoms with Crippen molar-refractivity contribution in [3.8, 4) is 0 Å². The molecule has 0 aliphatic rings. The normalized spacial score (nSPS) is 12.5. The summed E-state index contributed by atoms with van der Waals surface area (Å²) in [7, 11) is 0. The molecule has 0 saturated heterocycles. The summed E-state index contributed by atoms with van der Waals surface area (Å²) < 4.78 is 5.21. The van der Waals surface area contributed by atoms with Crippen molar-refractivity contribution in [3.63, 3.8) is 0 Å². The molecule has 2 N–H and O–H groups in total. The zero-order valence-electron chi connectivity index (χ0n) is 11.4. The first kappa shape index (κ1) is 14.2. The summed E-state index contributed by atoms with van der Waals surface area (Å²) in [4.78, 5) is 12.8. The van der Waals surface area contributed by atoms with Crippen LogP contribution < -0.4 is 5.32 Å². The van der Waals surface area contributed by atoms with Gasteiger partial charge in [0.2, 0.25) is 0 Å². The van der Waals surface area contributed by atoms with Crippen LogP contribution in [0.15, 0.2) is 35.7 Å². The van der Waals surface area contributed by atoms with Gasteiger partial charge in [-0.15, -0.1) is 11.3 Å². The summed E-state index contributed by atoms with van der Waals surface area (Å²) in [5.41, 5.74) is 1.29. The van der Waals surface area contributed by atoms with E-state index in [9.17, 15) is 9.90 Å². The van der Waals surface area contributed by atoms with Crippen LogP contribution in [0, 0.1) is 6.92 Å². The molecule has 108 valence electrons. The Morgan fingerprint density at radius 1 is 1.43 bits per heavy atom. The van der Waals surface area contributed by atoms with Crippen LogP contribution in [-0.4, -0.2) is 21.9 Å². The zero-order valence-corrected chi connectivity index (χ0v) is 13.0. The molecular weight excluding hydrogens is 304 g/mol. The minimum absolute atomic E-state index is 0.193. The van der Waals surface area contributed by atoms with Gasteiger partial charge in [-0.25, -0.2) is 0 Å². The lowest BCUT2D eigenvalue weighted by atomic mass is 10.2. The number of hydrogen-bond acceptors (Lipinski definition) is 5. The third-order valence-electron chi connectivity index (χ3n) is 3.22. The number of aryl methyl sites for hydroxylation is 1. The predicted molar refractivity (Wildman–Crippen MR) is 86.0 cm³/mol. The number of fused-ring (bicyclic) bond motifs is 1. The third-order valence-corrected chi connectivity index (χ3v) is 5.16. The van der Waals surface area contributed by atoms with Gasteiger partial charge in [-0.1, -0.05) is 18.2 Å². The van der Waals surface area contributed by atoms with E-state index in [-0.39, 0.29) is 12.5 Å². The molecule has 1 unspecified atom stereocenters. The topological polar surface area (TPSA) is 62.2 Å². The Bertz CT molecular complexity index is 746. The Hall–Kier alpha value is -1.76. The van der Waals surface area contributed by atoms with E-state index in [2.05, 4.69) is 9.69 Å². The highest BCUT2D eigenvalue weighted by Crippen LogP contribution is 2.29. The number of amides is 1. The van der Waals surface area contributed by atoms with Crippen LogP contribution in [0.4, 0.5) is 0 Å². The highest BCUT2D eigenvalue weighted by Gasteiger charge is 2.15. The fraction of sp³-hybridized carbons (Fsp3) is 0.200. The van der Waals surface area contributed by atoms with Crippen molar-refractivity contribution in [1.29, 1.82) is 0 Å². The number of nitrogens with zero attached hydrogens (tertiary/aromatic N) is 1. The smallest absolute Gasteiger partial charge is 0.254 e. The van der Waals surface area contributed by atoms with Crippen molar-refractivity contribution < 1.29 is 9.90 Å². The van der Waals surface area contributed by atoms with Crippen molar-refractivity contribution in [2.75, 3.05) is 6.54 Å². The Kier molecular flexibility index (Phi) is 4.01. The van der Waals surface area contributed by atoms with Crippen LogP contribution in [0.3, 0.4) is 0 Å². The molecule has 1 aromatic carbocycles. The zero-order chi connectivity index (χ0) is 14.8. The molecule has 1 amide bonds. The van der Waals surface area contributed by atoms with E-state index in [0.717, 1.165) is 15.0 Å². The van der Waals surface area contributed by atoms with Crippen molar-refractivity contribution in [2.24, 2.45) is 0 Å². The monoisotopic (exact) mass is 318 g/mol. The number of carbonyl (C=O) groups is 1. The van der Waals surface area contributed by atoms with Crippen molar-refractivity contribution in [3.05, 3.63) is 51.8 Å². The molecule has 1 atom stereocenters. The average molecular weight is 318 g/mol. The van der Waals surface area contributed by atoms with Crippen LogP contribution in [-0.2, 0) is 0 Å². The predicted octanol–water partition coefficient (Wildman–Crippen LogP) is 3.13. The SMILES string of the molecule is Cc1nscc1C(=O)NCC(O)c1cc2ccccc2s1. The second kappa shape index (κ2) is 5.93. The summed E-state index contributed by atoms with van der Waals surface area (Å²) in [6.45, 7) is 1.99. The molecule has 0 aliphatic heterocycles. The molecular formula is C15H14N2O2S2. The van der Waals surface area contributed by atoms with E-state index < -0.39 is 6.10 Å². The molecule has 0 saturated carbocycles. The van der Waals surface area contributed by atoms with Gasteiger partial charge < -0.3 is 10.4 Å². The van der Waals surface area contributed by atoms with Gasteiger partial charge >= 0.3 is 0 Å². The lowest BCUT2D eigenvalue weighted by Gasteiger charge is -2.09. The maximum Gasteiger partial charge on any atom is 0.254 e. The molecule has 0 radical (unpaired) electrons. The van der Waals surface area contributed by atoms with Crippen molar-refractivity contribution in [1.82, 2.24) is 9.69 Å². The van der Waals surface area contributed by atoms with E-state index in [1.807, 2.05) is 30.3 Å². The second-order valence-corrected chi connectivity index (χ2v) is 6.47. The lowest BCUT2D eigenvalue weighted by Crippen LogP contribution is -2.28. The summed E-state index contributed by atoms with van der Waals surface area (Å²) in [5, 5.41) is 15.8. The maximum atomic E-state index is 12.0. The van der Waals surface area contributed by atoms with Gasteiger partial charge in [0, 0.05) is 21.5 Å². The number of carbonyl (C=O) groups excluding carboxylic acids is 1. The van der Waals surface area contributed by atoms with E-state index in [4.69, 9.17) is 0 Å². The number of aliphatic hydroxyl groups excluding tert-OH is 1. The highest BCUT2D eigenvalue weighted by atomic mass is 32.1. The lowest BCUT2D eigenvalue weighted by molar-refractivity contribution is 0.0917. The fourth-order valence-corrected chi connectivity index (χ4v) is 3.80. The van der Waals surface area contributed by atoms with Crippen molar-refractivity contribution in [2.45, 2.75) is 13.0 Å². The third kappa shape index (κ3) is 2.97. The molecule has 4 nitrogen and oxygen atoms in total. The molecule has 2 aromatic heterocycles. The van der Waals surface area contributed by atoms with Gasteiger partial charge in [0.25, 0.3) is 5.91 Å². The van der Waals surface area contributed by atoms with E-state index in [0.29, 0.717) is 11.3 Å². The van der Waals surface area contributed by atoms with Gasteiger partial charge in [-0.05, 0) is 36.0 Å². The van der Waals surface area contributed by atoms with Crippen LogP contribution >= 0.6 is 22.9 Å². The molecule has 3 rings (SSSR count). The molecule has 6 heteroatoms. The van der Waals surface area contributed by atoms with Crippen LogP contribution in [0.5, 0.6) is 0 Å². The summed E-state index contributed by atoms with van der Waals surface area (Å²) >= 11 is 2.80. The molecule has 0 fully saturated rings. The first-order valence-electron chi connectivity index (χ1n) is 6.51. The number of hydrogen-bond donors (Lipinski definition) is 2. The standard InChI is InChI=1S/C15H14N2O2S2/c1-9-11(8-20-17-9)15(19)16-7-12(18)14-6-10-4-2-3-5-13(10)21-14/h2-6,8,12,18H,7H2,1H3,(H,16,19). The van der Waals surface area contributed by atoms with Gasteiger partial charge in [-0.2, -0.15) is 4.37 Å². The Labute approximate surface area is 130 Å². The Balaban J connectivity index is 1.67. The van der Waals surface area contributed by atoms with Gasteiger partial charge in [0.05, 0.1) is 11.3 Å². The Morgan fingerprint density at radius 3 is 2.95 bits per heavy atom. The quantitative estimate of drug-likeness (QED) is 0.777. The van der Waals surface area contributed by atoms with Crippen molar-refractivity contribution >= 4 is 38.9 Å². The number of aliphatic hydroxyl groups is 1. The first-order chi connectivity index (χ1) is 10.1. The van der Waals surface area contributed by atoms with Gasteiger partial charge in [0.15, 0.2) is 0 Å². The number of thiophene rings is 1. The number of aromatic nitrogens is 1. The van der Waals surface area contributed by atoms with Gasteiger partial charge in [-0.3, -0.25) is 4.79 Å². The Morgan fingerprint density at radius 2 is 2.24 bits per heavy atom. The molecule has 3 aromatic rings. The van der Waals surface area contributed by atoms with Crippen LogP contribution in [0.2, 0.25) is 0 Å². The molecule has 2 heterocycles. The number of benzene rings is 1. The van der Waals surface area contributed by atoms with E-state index in [1.54, 1.807) is 23.6 Å². The minimum Gasteiger partial charge on any atom is -0.386 e. The fourth-order valence-electron chi connectivity index (χ4n) is 2.06. The maximum absolute atomic E-state index is 12.0. The second-order valence-electron chi connectivity index (χ2n) is 4.73. The van der Waals surface area contributed by atoms with Gasteiger partial charge in [0.1, 0.15) is 6.10 Å². The highest BCUT2D eigenvalue weighted by molar-refractivity contribution is 7.19. The summed E-state index contributed by atoms with van der Waals surface area (Å²) in [6, 6.07) is 9.95. The number of rotatable bonds is 4. The average Bonchev–Trinajstić information content (AvgIpc) is 3.10. The molecule has 0 spiro atoms.